The minimum absolute atomic E-state index is 0.339. The van der Waals surface area contributed by atoms with Crippen LogP contribution in [0.25, 0.3) is 0 Å². The van der Waals surface area contributed by atoms with Gasteiger partial charge in [-0.25, -0.2) is 0 Å². The van der Waals surface area contributed by atoms with E-state index in [1.165, 1.54) is 18.5 Å². The first-order valence-electron chi connectivity index (χ1n) is 7.86. The number of ether oxygens (including phenoxy) is 1. The molecule has 0 unspecified atom stereocenters. The van der Waals surface area contributed by atoms with Gasteiger partial charge in [0, 0.05) is 19.6 Å². The van der Waals surface area contributed by atoms with Crippen LogP contribution in [0.3, 0.4) is 0 Å². The lowest BCUT2D eigenvalue weighted by atomic mass is 9.81. The van der Waals surface area contributed by atoms with E-state index in [1.54, 1.807) is 0 Å². The zero-order chi connectivity index (χ0) is 14.4. The van der Waals surface area contributed by atoms with Crippen LogP contribution in [0.15, 0.2) is 24.3 Å². The van der Waals surface area contributed by atoms with E-state index in [0.717, 1.165) is 38.4 Å². The Morgan fingerprint density at radius 2 is 2.00 bits per heavy atom. The Bertz CT molecular complexity index is 415. The van der Waals surface area contributed by atoms with E-state index in [-0.39, 0.29) is 0 Å². The van der Waals surface area contributed by atoms with Crippen molar-refractivity contribution in [2.75, 3.05) is 38.2 Å². The lowest BCUT2D eigenvalue weighted by molar-refractivity contribution is 0.258. The van der Waals surface area contributed by atoms with Crippen LogP contribution >= 0.6 is 0 Å². The van der Waals surface area contributed by atoms with Gasteiger partial charge < -0.3 is 15.0 Å². The Morgan fingerprint density at radius 3 is 2.70 bits per heavy atom. The van der Waals surface area contributed by atoms with Gasteiger partial charge in [-0.2, -0.15) is 0 Å². The van der Waals surface area contributed by atoms with Gasteiger partial charge in [-0.3, -0.25) is 0 Å². The van der Waals surface area contributed by atoms with Crippen LogP contribution in [0.5, 0.6) is 5.75 Å². The molecule has 1 aromatic rings. The number of hydrogen-bond donors (Lipinski definition) is 1. The first-order chi connectivity index (χ1) is 9.74. The molecule has 2 rings (SSSR count). The highest BCUT2D eigenvalue weighted by atomic mass is 16.5. The smallest absolute Gasteiger partial charge is 0.142 e. The van der Waals surface area contributed by atoms with Gasteiger partial charge in [-0.05, 0) is 43.9 Å². The van der Waals surface area contributed by atoms with Gasteiger partial charge in [0.15, 0.2) is 0 Å². The molecule has 0 fully saturated rings. The van der Waals surface area contributed by atoms with Gasteiger partial charge >= 0.3 is 0 Å². The Balaban J connectivity index is 2.23. The Morgan fingerprint density at radius 1 is 1.25 bits per heavy atom. The summed E-state index contributed by atoms with van der Waals surface area (Å²) in [4.78, 5) is 2.52. The van der Waals surface area contributed by atoms with Crippen LogP contribution in [0.4, 0.5) is 5.69 Å². The van der Waals surface area contributed by atoms with E-state index >= 15 is 0 Å². The normalized spacial score (nSPS) is 15.4. The Hall–Kier alpha value is -1.22. The van der Waals surface area contributed by atoms with Crippen LogP contribution in [0.2, 0.25) is 0 Å². The quantitative estimate of drug-likeness (QED) is 0.863. The Kier molecular flexibility index (Phi) is 5.30. The topological polar surface area (TPSA) is 24.5 Å². The van der Waals surface area contributed by atoms with E-state index in [2.05, 4.69) is 55.4 Å². The van der Waals surface area contributed by atoms with Gasteiger partial charge in [0.1, 0.15) is 5.75 Å². The molecule has 0 aliphatic carbocycles. The summed E-state index contributed by atoms with van der Waals surface area (Å²) >= 11 is 0. The second-order valence-electron chi connectivity index (χ2n) is 5.83. The van der Waals surface area contributed by atoms with E-state index in [0.29, 0.717) is 5.41 Å². The number of fused-ring (bicyclic) bond motifs is 1. The summed E-state index contributed by atoms with van der Waals surface area (Å²) in [5.74, 6) is 1.04. The molecule has 1 aromatic carbocycles. The van der Waals surface area contributed by atoms with E-state index in [1.807, 2.05) is 0 Å². The molecule has 0 bridgehead atoms. The fourth-order valence-corrected chi connectivity index (χ4v) is 3.12. The number of hydrogen-bond acceptors (Lipinski definition) is 3. The predicted octanol–water partition coefficient (Wildman–Crippen LogP) is 3.30. The van der Waals surface area contributed by atoms with Gasteiger partial charge in [0.25, 0.3) is 0 Å². The number of para-hydroxylation sites is 2. The van der Waals surface area contributed by atoms with Crippen molar-refractivity contribution in [3.8, 4) is 5.75 Å². The van der Waals surface area contributed by atoms with E-state index in [9.17, 15) is 0 Å². The minimum atomic E-state index is 0.339. The van der Waals surface area contributed by atoms with Crippen molar-refractivity contribution in [2.24, 2.45) is 5.41 Å². The minimum Gasteiger partial charge on any atom is -0.491 e. The molecule has 1 heterocycles. The van der Waals surface area contributed by atoms with Gasteiger partial charge in [0.05, 0.1) is 12.3 Å². The number of rotatable bonds is 6. The molecule has 112 valence electrons. The predicted molar refractivity (Wildman–Crippen MR) is 85.7 cm³/mol. The second kappa shape index (κ2) is 6.98. The SMILES string of the molecule is CCC(CC)(CNC)CN1CCCOc2ccccc21. The maximum Gasteiger partial charge on any atom is 0.142 e. The van der Waals surface area contributed by atoms with Crippen LogP contribution in [-0.4, -0.2) is 33.3 Å². The molecular weight excluding hydrogens is 248 g/mol. The van der Waals surface area contributed by atoms with Crippen LogP contribution in [0.1, 0.15) is 33.1 Å². The van der Waals surface area contributed by atoms with Crippen molar-refractivity contribution < 1.29 is 4.74 Å². The summed E-state index contributed by atoms with van der Waals surface area (Å²) in [6.07, 6.45) is 3.49. The summed E-state index contributed by atoms with van der Waals surface area (Å²) in [7, 11) is 2.06. The molecular formula is C17H28N2O. The number of nitrogens with zero attached hydrogens (tertiary/aromatic N) is 1. The average molecular weight is 276 g/mol. The van der Waals surface area contributed by atoms with Crippen LogP contribution < -0.4 is 15.0 Å². The summed E-state index contributed by atoms with van der Waals surface area (Å²) < 4.78 is 5.86. The molecule has 0 aromatic heterocycles. The molecule has 0 atom stereocenters. The lowest BCUT2D eigenvalue weighted by Crippen LogP contribution is -2.43. The highest BCUT2D eigenvalue weighted by Gasteiger charge is 2.29. The number of anilines is 1. The summed E-state index contributed by atoms with van der Waals surface area (Å²) in [5.41, 5.74) is 1.60. The van der Waals surface area contributed by atoms with Crippen molar-refractivity contribution >= 4 is 5.69 Å². The summed E-state index contributed by atoms with van der Waals surface area (Å²) in [5, 5.41) is 3.38. The first-order valence-corrected chi connectivity index (χ1v) is 7.86. The van der Waals surface area contributed by atoms with Crippen molar-refractivity contribution in [3.63, 3.8) is 0 Å². The van der Waals surface area contributed by atoms with Gasteiger partial charge in [0.2, 0.25) is 0 Å². The lowest BCUT2D eigenvalue weighted by Gasteiger charge is -2.38. The average Bonchev–Trinajstić information content (AvgIpc) is 2.69. The zero-order valence-corrected chi connectivity index (χ0v) is 13.1. The maximum atomic E-state index is 5.86. The molecule has 0 spiro atoms. The van der Waals surface area contributed by atoms with E-state index < -0.39 is 0 Å². The highest BCUT2D eigenvalue weighted by molar-refractivity contribution is 5.59. The highest BCUT2D eigenvalue weighted by Crippen LogP contribution is 2.35. The molecule has 1 aliphatic heterocycles. The largest absolute Gasteiger partial charge is 0.491 e. The van der Waals surface area contributed by atoms with Gasteiger partial charge in [-0.1, -0.05) is 26.0 Å². The molecule has 1 N–H and O–H groups in total. The number of benzene rings is 1. The standard InChI is InChI=1S/C17H28N2O/c1-4-17(5-2,13-18-3)14-19-11-8-12-20-16-10-7-6-9-15(16)19/h6-7,9-10,18H,4-5,8,11-14H2,1-3H3. The first kappa shape index (κ1) is 15.2. The molecule has 0 amide bonds. The summed E-state index contributed by atoms with van der Waals surface area (Å²) in [6, 6.07) is 8.45. The molecule has 20 heavy (non-hydrogen) atoms. The van der Waals surface area contributed by atoms with E-state index in [4.69, 9.17) is 4.74 Å². The third-order valence-corrected chi connectivity index (χ3v) is 4.61. The summed E-state index contributed by atoms with van der Waals surface area (Å²) in [6.45, 7) is 8.69. The van der Waals surface area contributed by atoms with Crippen molar-refractivity contribution in [1.82, 2.24) is 5.32 Å². The molecule has 1 aliphatic rings. The van der Waals surface area contributed by atoms with Crippen molar-refractivity contribution in [1.29, 1.82) is 0 Å². The fourth-order valence-electron chi connectivity index (χ4n) is 3.12. The van der Waals surface area contributed by atoms with Gasteiger partial charge in [-0.15, -0.1) is 0 Å². The molecule has 3 heteroatoms. The molecule has 0 saturated carbocycles. The number of nitrogens with one attached hydrogen (secondary N) is 1. The monoisotopic (exact) mass is 276 g/mol. The fraction of sp³-hybridized carbons (Fsp3) is 0.647. The molecule has 0 radical (unpaired) electrons. The maximum absolute atomic E-state index is 5.86. The third kappa shape index (κ3) is 3.26. The van der Waals surface area contributed by atoms with Crippen molar-refractivity contribution in [2.45, 2.75) is 33.1 Å². The van der Waals surface area contributed by atoms with Crippen LogP contribution in [-0.2, 0) is 0 Å². The second-order valence-corrected chi connectivity index (χ2v) is 5.83. The van der Waals surface area contributed by atoms with Crippen LogP contribution in [0, 0.1) is 5.41 Å². The zero-order valence-electron chi connectivity index (χ0n) is 13.1. The molecule has 0 saturated heterocycles. The van der Waals surface area contributed by atoms with Crippen molar-refractivity contribution in [3.05, 3.63) is 24.3 Å². The Labute approximate surface area is 123 Å². The molecule has 3 nitrogen and oxygen atoms in total. The third-order valence-electron chi connectivity index (χ3n) is 4.61.